The van der Waals surface area contributed by atoms with E-state index in [9.17, 15) is 0 Å². The smallest absolute Gasteiger partial charge is 0.211 e. The van der Waals surface area contributed by atoms with Gasteiger partial charge in [0, 0.05) is 14.1 Å². The largest absolute Gasteiger partial charge is 0.368 e. The van der Waals surface area contributed by atoms with Gasteiger partial charge in [0.2, 0.25) is 5.96 Å². The van der Waals surface area contributed by atoms with E-state index in [1.54, 1.807) is 20.3 Å². The van der Waals surface area contributed by atoms with Crippen molar-refractivity contribution in [2.24, 2.45) is 15.8 Å². The molecule has 74 valence electrons. The highest BCUT2D eigenvalue weighted by Crippen LogP contribution is 1.94. The van der Waals surface area contributed by atoms with Crippen LogP contribution in [0.5, 0.6) is 0 Å². The van der Waals surface area contributed by atoms with Crippen LogP contribution in [0.1, 0.15) is 5.56 Å². The van der Waals surface area contributed by atoms with Crippen molar-refractivity contribution >= 4 is 12.2 Å². The van der Waals surface area contributed by atoms with Crippen molar-refractivity contribution in [3.8, 4) is 0 Å². The molecule has 0 fully saturated rings. The van der Waals surface area contributed by atoms with Crippen molar-refractivity contribution < 1.29 is 0 Å². The van der Waals surface area contributed by atoms with E-state index in [1.807, 2.05) is 30.3 Å². The lowest BCUT2D eigenvalue weighted by Gasteiger charge is -2.09. The molecule has 1 rings (SSSR count). The van der Waals surface area contributed by atoms with Gasteiger partial charge in [-0.25, -0.2) is 5.01 Å². The van der Waals surface area contributed by atoms with Crippen LogP contribution in [0.25, 0.3) is 0 Å². The van der Waals surface area contributed by atoms with E-state index >= 15 is 0 Å². The molecule has 0 saturated heterocycles. The molecule has 0 amide bonds. The number of hydrazone groups is 1. The van der Waals surface area contributed by atoms with Crippen LogP contribution in [0, 0.1) is 0 Å². The predicted molar refractivity (Wildman–Crippen MR) is 59.3 cm³/mol. The highest BCUT2D eigenvalue weighted by molar-refractivity contribution is 5.82. The van der Waals surface area contributed by atoms with Gasteiger partial charge in [-0.2, -0.15) is 5.10 Å². The van der Waals surface area contributed by atoms with E-state index in [-0.39, 0.29) is 0 Å². The molecule has 14 heavy (non-hydrogen) atoms. The molecule has 0 bridgehead atoms. The van der Waals surface area contributed by atoms with Crippen LogP contribution in [-0.4, -0.2) is 31.3 Å². The molecule has 2 N–H and O–H groups in total. The third-order valence-electron chi connectivity index (χ3n) is 1.74. The molecule has 0 spiro atoms. The van der Waals surface area contributed by atoms with Crippen LogP contribution in [0.15, 0.2) is 40.4 Å². The van der Waals surface area contributed by atoms with Crippen LogP contribution in [0.3, 0.4) is 0 Å². The Balaban J connectivity index is 2.65. The number of guanidine groups is 1. The van der Waals surface area contributed by atoms with E-state index in [4.69, 9.17) is 5.73 Å². The minimum Gasteiger partial charge on any atom is -0.368 e. The fourth-order valence-electron chi connectivity index (χ4n) is 0.896. The Morgan fingerprint density at radius 1 is 1.36 bits per heavy atom. The van der Waals surface area contributed by atoms with E-state index in [0.29, 0.717) is 5.96 Å². The second-order valence-corrected chi connectivity index (χ2v) is 2.76. The molecule has 0 aliphatic rings. The molecule has 0 heterocycles. The number of benzene rings is 1. The maximum atomic E-state index is 5.54. The van der Waals surface area contributed by atoms with E-state index in [2.05, 4.69) is 10.1 Å². The first-order valence-corrected chi connectivity index (χ1v) is 4.29. The lowest BCUT2D eigenvalue weighted by Crippen LogP contribution is -2.29. The molecule has 0 radical (unpaired) electrons. The van der Waals surface area contributed by atoms with Crippen molar-refractivity contribution in [3.05, 3.63) is 35.9 Å². The van der Waals surface area contributed by atoms with Gasteiger partial charge in [-0.1, -0.05) is 30.3 Å². The third kappa shape index (κ3) is 2.90. The Kier molecular flexibility index (Phi) is 3.67. The third-order valence-corrected chi connectivity index (χ3v) is 1.74. The Bertz CT molecular complexity index is 329. The Morgan fingerprint density at radius 3 is 2.57 bits per heavy atom. The summed E-state index contributed by atoms with van der Waals surface area (Å²) in [7, 11) is 3.38. The maximum Gasteiger partial charge on any atom is 0.211 e. The van der Waals surface area contributed by atoms with Crippen molar-refractivity contribution in [1.82, 2.24) is 5.01 Å². The number of aliphatic imine (C=N–C) groups is 1. The monoisotopic (exact) mass is 190 g/mol. The molecule has 1 aromatic carbocycles. The fourth-order valence-corrected chi connectivity index (χ4v) is 0.896. The van der Waals surface area contributed by atoms with Gasteiger partial charge >= 0.3 is 0 Å². The average molecular weight is 190 g/mol. The Labute approximate surface area is 83.8 Å². The Hall–Kier alpha value is -1.84. The first-order chi connectivity index (χ1) is 6.74. The summed E-state index contributed by atoms with van der Waals surface area (Å²) >= 11 is 0. The summed E-state index contributed by atoms with van der Waals surface area (Å²) in [5.41, 5.74) is 6.57. The lowest BCUT2D eigenvalue weighted by atomic mass is 10.2. The molecule has 0 unspecified atom stereocenters. The number of rotatable bonds is 2. The lowest BCUT2D eigenvalue weighted by molar-refractivity contribution is 0.539. The molecule has 4 heteroatoms. The van der Waals surface area contributed by atoms with Gasteiger partial charge < -0.3 is 5.73 Å². The highest BCUT2D eigenvalue weighted by atomic mass is 15.5. The fraction of sp³-hybridized carbons (Fsp3) is 0.200. The van der Waals surface area contributed by atoms with Crippen molar-refractivity contribution in [2.45, 2.75) is 0 Å². The zero-order valence-corrected chi connectivity index (χ0v) is 8.38. The van der Waals surface area contributed by atoms with Gasteiger partial charge in [0.25, 0.3) is 0 Å². The SMILES string of the molecule is CN=C(N)N(C)N=Cc1ccccc1. The number of hydrogen-bond donors (Lipinski definition) is 1. The van der Waals surface area contributed by atoms with E-state index in [1.165, 1.54) is 5.01 Å². The molecule has 0 aromatic heterocycles. The molecular weight excluding hydrogens is 176 g/mol. The summed E-state index contributed by atoms with van der Waals surface area (Å²) in [6.07, 6.45) is 1.73. The minimum atomic E-state index is 0.386. The normalized spacial score (nSPS) is 12.0. The molecular formula is C10H14N4. The molecule has 0 aliphatic carbocycles. The van der Waals surface area contributed by atoms with Crippen molar-refractivity contribution in [3.63, 3.8) is 0 Å². The Morgan fingerprint density at radius 2 is 2.00 bits per heavy atom. The molecule has 1 aromatic rings. The summed E-state index contributed by atoms with van der Waals surface area (Å²) in [6.45, 7) is 0. The summed E-state index contributed by atoms with van der Waals surface area (Å²) in [4.78, 5) is 3.81. The minimum absolute atomic E-state index is 0.386. The van der Waals surface area contributed by atoms with Crippen LogP contribution >= 0.6 is 0 Å². The second kappa shape index (κ2) is 5.01. The van der Waals surface area contributed by atoms with Crippen LogP contribution in [0.4, 0.5) is 0 Å². The van der Waals surface area contributed by atoms with Gasteiger partial charge in [-0.3, -0.25) is 4.99 Å². The summed E-state index contributed by atoms with van der Waals surface area (Å²) < 4.78 is 0. The standard InChI is InChI=1S/C10H14N4/c1-12-10(11)14(2)13-8-9-6-4-3-5-7-9/h3-8H,1-2H3,(H2,11,12). The van der Waals surface area contributed by atoms with Gasteiger partial charge in [0.05, 0.1) is 6.21 Å². The zero-order valence-electron chi connectivity index (χ0n) is 8.38. The predicted octanol–water partition coefficient (Wildman–Crippen LogP) is 0.897. The van der Waals surface area contributed by atoms with Crippen LogP contribution < -0.4 is 5.73 Å². The summed E-state index contributed by atoms with van der Waals surface area (Å²) in [6, 6.07) is 9.81. The van der Waals surface area contributed by atoms with E-state index in [0.717, 1.165) is 5.56 Å². The van der Waals surface area contributed by atoms with Gasteiger partial charge in [-0.15, -0.1) is 0 Å². The highest BCUT2D eigenvalue weighted by Gasteiger charge is 1.94. The van der Waals surface area contributed by atoms with Gasteiger partial charge in [-0.05, 0) is 5.56 Å². The van der Waals surface area contributed by atoms with Crippen molar-refractivity contribution in [2.75, 3.05) is 14.1 Å². The second-order valence-electron chi connectivity index (χ2n) is 2.76. The zero-order chi connectivity index (χ0) is 10.4. The quantitative estimate of drug-likeness (QED) is 0.428. The molecule has 4 nitrogen and oxygen atoms in total. The van der Waals surface area contributed by atoms with Gasteiger partial charge in [0.1, 0.15) is 0 Å². The molecule has 0 atom stereocenters. The molecule has 0 aliphatic heterocycles. The summed E-state index contributed by atoms with van der Waals surface area (Å²) in [5, 5.41) is 5.64. The average Bonchev–Trinajstić information content (AvgIpc) is 2.26. The first kappa shape index (κ1) is 10.2. The van der Waals surface area contributed by atoms with Crippen LogP contribution in [0.2, 0.25) is 0 Å². The summed E-state index contributed by atoms with van der Waals surface area (Å²) in [5.74, 6) is 0.386. The van der Waals surface area contributed by atoms with Crippen molar-refractivity contribution in [1.29, 1.82) is 0 Å². The van der Waals surface area contributed by atoms with E-state index < -0.39 is 0 Å². The topological polar surface area (TPSA) is 54.0 Å². The van der Waals surface area contributed by atoms with Gasteiger partial charge in [0.15, 0.2) is 0 Å². The van der Waals surface area contributed by atoms with Crippen LogP contribution in [-0.2, 0) is 0 Å². The number of hydrogen-bond acceptors (Lipinski definition) is 2. The molecule has 0 saturated carbocycles. The number of nitrogens with zero attached hydrogens (tertiary/aromatic N) is 3. The number of nitrogens with two attached hydrogens (primary N) is 1. The maximum absolute atomic E-state index is 5.54. The first-order valence-electron chi connectivity index (χ1n) is 4.29.